The summed E-state index contributed by atoms with van der Waals surface area (Å²) in [4.78, 5) is 11.4. The first kappa shape index (κ1) is 12.5. The minimum Gasteiger partial charge on any atom is -0.464 e. The second-order valence-electron chi connectivity index (χ2n) is 4.46. The maximum absolute atomic E-state index is 11.4. The molecule has 1 atom stereocenters. The molecule has 0 aromatic heterocycles. The largest absolute Gasteiger partial charge is 0.464 e. The topological polar surface area (TPSA) is 61.6 Å². The highest BCUT2D eigenvalue weighted by atomic mass is 16.5. The van der Waals surface area contributed by atoms with Crippen molar-refractivity contribution >= 4 is 5.97 Å². The van der Waals surface area contributed by atoms with Gasteiger partial charge >= 0.3 is 5.97 Å². The molecule has 0 saturated carbocycles. The van der Waals surface area contributed by atoms with E-state index in [1.807, 2.05) is 13.8 Å². The van der Waals surface area contributed by atoms with E-state index in [2.05, 4.69) is 0 Å². The molecule has 0 amide bonds. The van der Waals surface area contributed by atoms with Crippen molar-refractivity contribution in [2.45, 2.75) is 32.7 Å². The van der Waals surface area contributed by atoms with Crippen molar-refractivity contribution in [3.63, 3.8) is 0 Å². The number of rotatable bonds is 4. The number of carbonyl (C=O) groups is 1. The van der Waals surface area contributed by atoms with Crippen LogP contribution in [0.1, 0.15) is 26.7 Å². The van der Waals surface area contributed by atoms with Crippen molar-refractivity contribution in [1.29, 1.82) is 0 Å². The second-order valence-corrected chi connectivity index (χ2v) is 4.46. The minimum atomic E-state index is -0.496. The molecule has 1 heterocycles. The van der Waals surface area contributed by atoms with Crippen molar-refractivity contribution in [1.82, 2.24) is 0 Å². The van der Waals surface area contributed by atoms with Gasteiger partial charge < -0.3 is 15.2 Å². The summed E-state index contributed by atoms with van der Waals surface area (Å²) >= 11 is 0. The fraction of sp³-hybridized carbons (Fsp3) is 0.909. The fourth-order valence-corrected chi connectivity index (χ4v) is 1.48. The Hall–Kier alpha value is -0.610. The fourth-order valence-electron chi connectivity index (χ4n) is 1.48. The molecule has 0 aliphatic carbocycles. The molecule has 1 rings (SSSR count). The van der Waals surface area contributed by atoms with E-state index in [-0.39, 0.29) is 11.9 Å². The summed E-state index contributed by atoms with van der Waals surface area (Å²) in [6, 6.07) is -0.496. The molecule has 4 heteroatoms. The lowest BCUT2D eigenvalue weighted by atomic mass is 10.0. The van der Waals surface area contributed by atoms with E-state index in [0.29, 0.717) is 12.5 Å². The van der Waals surface area contributed by atoms with E-state index >= 15 is 0 Å². The van der Waals surface area contributed by atoms with E-state index in [1.165, 1.54) is 0 Å². The number of ether oxygens (including phenoxy) is 2. The van der Waals surface area contributed by atoms with Crippen LogP contribution in [0.2, 0.25) is 0 Å². The van der Waals surface area contributed by atoms with Crippen molar-refractivity contribution in [3.05, 3.63) is 0 Å². The molecule has 2 N–H and O–H groups in total. The standard InChI is InChI=1S/C11H21NO3/c1-8(2)10(12)11(13)15-7-9-3-5-14-6-4-9/h8-10H,3-7,12H2,1-2H3. The molecule has 1 fully saturated rings. The van der Waals surface area contributed by atoms with Gasteiger partial charge in [0.25, 0.3) is 0 Å². The molecule has 0 aromatic carbocycles. The van der Waals surface area contributed by atoms with Crippen LogP contribution >= 0.6 is 0 Å². The van der Waals surface area contributed by atoms with Gasteiger partial charge in [-0.3, -0.25) is 4.79 Å². The molecule has 1 unspecified atom stereocenters. The number of hydrogen-bond donors (Lipinski definition) is 1. The minimum absolute atomic E-state index is 0.132. The number of nitrogens with two attached hydrogens (primary N) is 1. The molecule has 1 saturated heterocycles. The molecule has 0 radical (unpaired) electrons. The van der Waals surface area contributed by atoms with Crippen molar-refractivity contribution in [3.8, 4) is 0 Å². The highest BCUT2D eigenvalue weighted by molar-refractivity contribution is 5.75. The summed E-state index contributed by atoms with van der Waals surface area (Å²) in [5.41, 5.74) is 5.68. The van der Waals surface area contributed by atoms with Crippen LogP contribution in [0, 0.1) is 11.8 Å². The Balaban J connectivity index is 2.20. The van der Waals surface area contributed by atoms with Gasteiger partial charge in [-0.25, -0.2) is 0 Å². The Morgan fingerprint density at radius 2 is 2.07 bits per heavy atom. The van der Waals surface area contributed by atoms with Gasteiger partial charge in [-0.2, -0.15) is 0 Å². The summed E-state index contributed by atoms with van der Waals surface area (Å²) in [5.74, 6) is 0.297. The van der Waals surface area contributed by atoms with Crippen molar-refractivity contribution in [2.75, 3.05) is 19.8 Å². The summed E-state index contributed by atoms with van der Waals surface area (Å²) in [5, 5.41) is 0. The predicted octanol–water partition coefficient (Wildman–Crippen LogP) is 0.939. The third kappa shape index (κ3) is 4.18. The van der Waals surface area contributed by atoms with Crippen LogP contribution in [0.5, 0.6) is 0 Å². The molecule has 0 bridgehead atoms. The van der Waals surface area contributed by atoms with Crippen molar-refractivity contribution < 1.29 is 14.3 Å². The summed E-state index contributed by atoms with van der Waals surface area (Å²) in [7, 11) is 0. The van der Waals surface area contributed by atoms with Gasteiger partial charge in [0.15, 0.2) is 0 Å². The molecule has 15 heavy (non-hydrogen) atoms. The average Bonchev–Trinajstić information content (AvgIpc) is 2.26. The Morgan fingerprint density at radius 3 is 2.60 bits per heavy atom. The van der Waals surface area contributed by atoms with Gasteiger partial charge in [-0.05, 0) is 24.7 Å². The monoisotopic (exact) mass is 215 g/mol. The average molecular weight is 215 g/mol. The van der Waals surface area contributed by atoms with Crippen LogP contribution in [0.15, 0.2) is 0 Å². The van der Waals surface area contributed by atoms with Crippen LogP contribution in [0.4, 0.5) is 0 Å². The van der Waals surface area contributed by atoms with Gasteiger partial charge in [0, 0.05) is 13.2 Å². The lowest BCUT2D eigenvalue weighted by Gasteiger charge is -2.22. The van der Waals surface area contributed by atoms with E-state index in [1.54, 1.807) is 0 Å². The molecular weight excluding hydrogens is 194 g/mol. The smallest absolute Gasteiger partial charge is 0.323 e. The first-order valence-electron chi connectivity index (χ1n) is 5.61. The molecule has 0 spiro atoms. The highest BCUT2D eigenvalue weighted by Crippen LogP contribution is 2.15. The summed E-state index contributed by atoms with van der Waals surface area (Å²) in [6.45, 7) is 5.88. The van der Waals surface area contributed by atoms with E-state index in [0.717, 1.165) is 26.1 Å². The first-order chi connectivity index (χ1) is 7.11. The highest BCUT2D eigenvalue weighted by Gasteiger charge is 2.21. The van der Waals surface area contributed by atoms with Crippen LogP contribution in [-0.4, -0.2) is 31.8 Å². The number of hydrogen-bond acceptors (Lipinski definition) is 4. The van der Waals surface area contributed by atoms with E-state index in [9.17, 15) is 4.79 Å². The Morgan fingerprint density at radius 1 is 1.47 bits per heavy atom. The molecule has 4 nitrogen and oxygen atoms in total. The maximum atomic E-state index is 11.4. The zero-order valence-electron chi connectivity index (χ0n) is 9.57. The maximum Gasteiger partial charge on any atom is 0.323 e. The predicted molar refractivity (Wildman–Crippen MR) is 57.3 cm³/mol. The molecule has 88 valence electrons. The molecule has 0 aromatic rings. The van der Waals surface area contributed by atoms with Crippen molar-refractivity contribution in [2.24, 2.45) is 17.6 Å². The Labute approximate surface area is 91.1 Å². The first-order valence-corrected chi connectivity index (χ1v) is 5.61. The van der Waals surface area contributed by atoms with Gasteiger partial charge in [-0.1, -0.05) is 13.8 Å². The molecular formula is C11H21NO3. The van der Waals surface area contributed by atoms with Gasteiger partial charge in [0.1, 0.15) is 6.04 Å². The second kappa shape index (κ2) is 6.08. The van der Waals surface area contributed by atoms with Crippen LogP contribution in [0.3, 0.4) is 0 Å². The van der Waals surface area contributed by atoms with Crippen LogP contribution in [0.25, 0.3) is 0 Å². The Bertz CT molecular complexity index is 200. The molecule has 1 aliphatic rings. The van der Waals surface area contributed by atoms with Crippen LogP contribution in [-0.2, 0) is 14.3 Å². The third-order valence-corrected chi connectivity index (χ3v) is 2.79. The summed E-state index contributed by atoms with van der Waals surface area (Å²) in [6.07, 6.45) is 1.95. The van der Waals surface area contributed by atoms with E-state index < -0.39 is 6.04 Å². The SMILES string of the molecule is CC(C)C(N)C(=O)OCC1CCOCC1. The van der Waals surface area contributed by atoms with Crippen LogP contribution < -0.4 is 5.73 Å². The normalized spacial score (nSPS) is 20.3. The van der Waals surface area contributed by atoms with Gasteiger partial charge in [0.05, 0.1) is 6.61 Å². The molecule has 1 aliphatic heterocycles. The zero-order chi connectivity index (χ0) is 11.3. The summed E-state index contributed by atoms with van der Waals surface area (Å²) < 4.78 is 10.4. The van der Waals surface area contributed by atoms with Gasteiger partial charge in [0.2, 0.25) is 0 Å². The van der Waals surface area contributed by atoms with E-state index in [4.69, 9.17) is 15.2 Å². The lowest BCUT2D eigenvalue weighted by Crippen LogP contribution is -2.38. The lowest BCUT2D eigenvalue weighted by molar-refractivity contribution is -0.148. The van der Waals surface area contributed by atoms with Gasteiger partial charge in [-0.15, -0.1) is 0 Å². The third-order valence-electron chi connectivity index (χ3n) is 2.79. The quantitative estimate of drug-likeness (QED) is 0.709. The zero-order valence-corrected chi connectivity index (χ0v) is 9.57. The number of esters is 1. The number of carbonyl (C=O) groups excluding carboxylic acids is 1. The Kier molecular flexibility index (Phi) is 5.05.